The first-order valence-electron chi connectivity index (χ1n) is 16.4. The Kier molecular flexibility index (Phi) is 7.50. The number of carbonyl (C=O) groups excluding carboxylic acids is 1. The Hall–Kier alpha value is -1.05. The van der Waals surface area contributed by atoms with E-state index in [0.29, 0.717) is 12.5 Å². The molecule has 1 aromatic rings. The van der Waals surface area contributed by atoms with Crippen LogP contribution >= 0.6 is 0 Å². The molecular weight excluding hydrogens is 528 g/mol. The van der Waals surface area contributed by atoms with Crippen molar-refractivity contribution in [2.75, 3.05) is 0 Å². The second kappa shape index (κ2) is 10.3. The molecule has 6 rings (SSSR count). The quantitative estimate of drug-likeness (QED) is 0.252. The average molecular weight is 583 g/mol. The summed E-state index contributed by atoms with van der Waals surface area (Å²) in [5.41, 5.74) is 0.728. The van der Waals surface area contributed by atoms with Crippen molar-refractivity contribution in [3.05, 3.63) is 35.9 Å². The number of benzene rings is 1. The van der Waals surface area contributed by atoms with Crippen LogP contribution in [0.2, 0.25) is 18.1 Å². The van der Waals surface area contributed by atoms with Crippen LogP contribution in [0.4, 0.5) is 0 Å². The van der Waals surface area contributed by atoms with Crippen LogP contribution in [0, 0.1) is 34.5 Å². The molecule has 0 bridgehead atoms. The lowest BCUT2D eigenvalue weighted by Crippen LogP contribution is -2.68. The number of hydrogen-bond donors (Lipinski definition) is 0. The van der Waals surface area contributed by atoms with Crippen molar-refractivity contribution >= 4 is 14.6 Å². The summed E-state index contributed by atoms with van der Waals surface area (Å²) in [6, 6.07) is 10.5. The van der Waals surface area contributed by atoms with Gasteiger partial charge in [-0.1, -0.05) is 70.9 Å². The van der Waals surface area contributed by atoms with Crippen molar-refractivity contribution in [3.63, 3.8) is 0 Å². The minimum Gasteiger partial charge on any atom is -0.413 e. The van der Waals surface area contributed by atoms with Gasteiger partial charge in [0.15, 0.2) is 14.1 Å². The van der Waals surface area contributed by atoms with Crippen molar-refractivity contribution in [2.45, 2.75) is 141 Å². The van der Waals surface area contributed by atoms with E-state index >= 15 is 0 Å². The molecule has 0 N–H and O–H groups in total. The zero-order chi connectivity index (χ0) is 29.4. The second-order valence-corrected chi connectivity index (χ2v) is 21.1. The van der Waals surface area contributed by atoms with Crippen molar-refractivity contribution in [3.8, 4) is 0 Å². The summed E-state index contributed by atoms with van der Waals surface area (Å²) >= 11 is 0. The van der Waals surface area contributed by atoms with Gasteiger partial charge >= 0.3 is 0 Å². The van der Waals surface area contributed by atoms with E-state index < -0.39 is 19.5 Å². The summed E-state index contributed by atoms with van der Waals surface area (Å²) in [4.78, 5) is 13.5. The number of carbonyl (C=O) groups is 1. The predicted octanol–water partition coefficient (Wildman–Crippen LogP) is 7.92. The average Bonchev–Trinajstić information content (AvgIpc) is 3.41. The highest BCUT2D eigenvalue weighted by Gasteiger charge is 2.72. The van der Waals surface area contributed by atoms with Gasteiger partial charge in [0, 0.05) is 17.3 Å². The molecule has 1 saturated heterocycles. The van der Waals surface area contributed by atoms with Crippen molar-refractivity contribution in [1.29, 1.82) is 0 Å². The van der Waals surface area contributed by atoms with E-state index in [-0.39, 0.29) is 52.6 Å². The van der Waals surface area contributed by atoms with E-state index in [0.717, 1.165) is 44.9 Å². The molecule has 4 saturated carbocycles. The number of rotatable bonds is 6. The first-order valence-corrected chi connectivity index (χ1v) is 19.3. The van der Waals surface area contributed by atoms with Crippen LogP contribution < -0.4 is 0 Å². The molecule has 5 nitrogen and oxygen atoms in total. The van der Waals surface area contributed by atoms with E-state index in [4.69, 9.17) is 18.6 Å². The van der Waals surface area contributed by atoms with Gasteiger partial charge in [0.1, 0.15) is 6.29 Å². The first-order chi connectivity index (χ1) is 19.2. The van der Waals surface area contributed by atoms with Crippen LogP contribution in [0.25, 0.3) is 0 Å². The third kappa shape index (κ3) is 4.83. The van der Waals surface area contributed by atoms with E-state index in [1.807, 2.05) is 0 Å². The molecule has 10 atom stereocenters. The summed E-state index contributed by atoms with van der Waals surface area (Å²) in [5, 5.41) is 0.154. The normalized spacial score (nSPS) is 43.5. The third-order valence-electron chi connectivity index (χ3n) is 12.6. The summed E-state index contributed by atoms with van der Waals surface area (Å²) < 4.78 is 28.0. The van der Waals surface area contributed by atoms with E-state index in [2.05, 4.69) is 85.0 Å². The highest BCUT2D eigenvalue weighted by molar-refractivity contribution is 6.74. The molecule has 0 spiro atoms. The van der Waals surface area contributed by atoms with Gasteiger partial charge in [0.05, 0.1) is 31.0 Å². The minimum atomic E-state index is -1.98. The second-order valence-electron chi connectivity index (χ2n) is 16.3. The maximum Gasteiger partial charge on any atom is 0.192 e. The summed E-state index contributed by atoms with van der Waals surface area (Å²) in [7, 11) is -1.98. The lowest BCUT2D eigenvalue weighted by molar-refractivity contribution is -0.228. The molecule has 1 aromatic carbocycles. The third-order valence-corrected chi connectivity index (χ3v) is 17.1. The molecule has 5 fully saturated rings. The van der Waals surface area contributed by atoms with Gasteiger partial charge < -0.3 is 23.4 Å². The van der Waals surface area contributed by atoms with Gasteiger partial charge in [0.25, 0.3) is 0 Å². The molecule has 41 heavy (non-hydrogen) atoms. The molecule has 4 aliphatic carbocycles. The van der Waals surface area contributed by atoms with Crippen LogP contribution in [0.3, 0.4) is 0 Å². The minimum absolute atomic E-state index is 0.00903. The summed E-state index contributed by atoms with van der Waals surface area (Å²) in [5.74, 6) is 0.324. The van der Waals surface area contributed by atoms with E-state index in [1.54, 1.807) is 0 Å². The Morgan fingerprint density at radius 3 is 2.37 bits per heavy atom. The van der Waals surface area contributed by atoms with Gasteiger partial charge in [-0.2, -0.15) is 0 Å². The lowest BCUT2D eigenvalue weighted by atomic mass is 9.43. The van der Waals surface area contributed by atoms with Gasteiger partial charge in [0.2, 0.25) is 0 Å². The van der Waals surface area contributed by atoms with Gasteiger partial charge in [-0.3, -0.25) is 0 Å². The largest absolute Gasteiger partial charge is 0.413 e. The molecule has 4 unspecified atom stereocenters. The summed E-state index contributed by atoms with van der Waals surface area (Å²) in [6.45, 7) is 19.0. The molecule has 0 aromatic heterocycles. The van der Waals surface area contributed by atoms with Gasteiger partial charge in [-0.15, -0.1) is 0 Å². The maximum atomic E-state index is 13.5. The molecule has 228 valence electrons. The highest BCUT2D eigenvalue weighted by Crippen LogP contribution is 2.69. The fourth-order valence-electron chi connectivity index (χ4n) is 9.79. The van der Waals surface area contributed by atoms with Crippen LogP contribution in [0.5, 0.6) is 0 Å². The van der Waals surface area contributed by atoms with Gasteiger partial charge in [-0.25, -0.2) is 0 Å². The van der Waals surface area contributed by atoms with E-state index in [9.17, 15) is 4.79 Å². The zero-order valence-electron chi connectivity index (χ0n) is 26.8. The molecular formula is C35H54O5Si. The standard InChI is InChI=1S/C35H54O5Si/c1-32(2,3)41(7,8)40-27-18-17-24-28-29(26(20-34(24,27)6)37-21-23-14-10-9-11-15-23)35(22-36)19-13-12-16-25(35)30-31(28)39-33(4,5)38-30/h9-11,14-15,22,24-31H,12-13,16-21H2,1-8H3/t24?,25?,26-,27-,28?,29?,30+,31+,34-,35+/m0/s1. The van der Waals surface area contributed by atoms with Gasteiger partial charge in [-0.05, 0) is 86.9 Å². The van der Waals surface area contributed by atoms with Crippen LogP contribution in [0.15, 0.2) is 30.3 Å². The Morgan fingerprint density at radius 1 is 0.976 bits per heavy atom. The summed E-state index contributed by atoms with van der Waals surface area (Å²) in [6.07, 6.45) is 8.85. The van der Waals surface area contributed by atoms with Crippen molar-refractivity contribution < 1.29 is 23.4 Å². The molecule has 1 aliphatic heterocycles. The monoisotopic (exact) mass is 582 g/mol. The number of fused-ring (bicyclic) bond motifs is 8. The maximum absolute atomic E-state index is 13.5. The topological polar surface area (TPSA) is 54.0 Å². The SMILES string of the molecule is CC1(C)O[C@@H]2C3C([C@@H](OCc4ccccc4)C[C@@]4(C)C3CC[C@@H]4O[Si](C)(C)C(C)(C)C)[C@@]3(C=O)CCCCC3[C@H]2O1. The fourth-order valence-corrected chi connectivity index (χ4v) is 11.2. The Balaban J connectivity index is 1.43. The number of hydrogen-bond acceptors (Lipinski definition) is 5. The smallest absolute Gasteiger partial charge is 0.192 e. The van der Waals surface area contributed by atoms with E-state index in [1.165, 1.54) is 11.8 Å². The Morgan fingerprint density at radius 2 is 1.68 bits per heavy atom. The number of ether oxygens (including phenoxy) is 3. The Labute approximate surface area is 249 Å². The first kappa shape index (κ1) is 30.0. The molecule has 6 heteroatoms. The zero-order valence-corrected chi connectivity index (χ0v) is 27.8. The lowest BCUT2D eigenvalue weighted by Gasteiger charge is -2.64. The van der Waals surface area contributed by atoms with Crippen LogP contribution in [0.1, 0.15) is 92.1 Å². The molecule has 5 aliphatic rings. The molecule has 0 radical (unpaired) electrons. The van der Waals surface area contributed by atoms with Crippen LogP contribution in [-0.2, 0) is 30.0 Å². The number of aldehydes is 1. The Bertz CT molecular complexity index is 1110. The molecule has 1 heterocycles. The molecule has 0 amide bonds. The van der Waals surface area contributed by atoms with Crippen LogP contribution in [-0.4, -0.2) is 44.8 Å². The van der Waals surface area contributed by atoms with Crippen molar-refractivity contribution in [1.82, 2.24) is 0 Å². The fraction of sp³-hybridized carbons (Fsp3) is 0.800. The highest BCUT2D eigenvalue weighted by atomic mass is 28.4. The predicted molar refractivity (Wildman–Crippen MR) is 164 cm³/mol. The van der Waals surface area contributed by atoms with Crippen molar-refractivity contribution in [2.24, 2.45) is 34.5 Å².